The number of carbonyl (C=O) groups excluding carboxylic acids is 1. The van der Waals surface area contributed by atoms with Gasteiger partial charge in [-0.2, -0.15) is 4.98 Å². The number of halogens is 1. The average molecular weight is 345 g/mol. The molecule has 0 radical (unpaired) electrons. The molecule has 1 saturated carbocycles. The lowest BCUT2D eigenvalue weighted by atomic mass is 10.1. The van der Waals surface area contributed by atoms with E-state index in [0.717, 1.165) is 12.8 Å². The predicted molar refractivity (Wildman–Crippen MR) is 89.7 cm³/mol. The lowest BCUT2D eigenvalue weighted by Crippen LogP contribution is -2.60. The van der Waals surface area contributed by atoms with E-state index >= 15 is 0 Å². The zero-order chi connectivity index (χ0) is 17.6. The van der Waals surface area contributed by atoms with Gasteiger partial charge in [-0.1, -0.05) is 5.16 Å². The van der Waals surface area contributed by atoms with Crippen LogP contribution in [0.5, 0.6) is 0 Å². The molecular formula is C17H20FN5O2. The van der Waals surface area contributed by atoms with Gasteiger partial charge in [-0.05, 0) is 45.1 Å². The molecule has 2 fully saturated rings. The van der Waals surface area contributed by atoms with Gasteiger partial charge in [-0.3, -0.25) is 0 Å². The smallest absolute Gasteiger partial charge is 0.321 e. The van der Waals surface area contributed by atoms with Crippen molar-refractivity contribution < 1.29 is 13.7 Å². The van der Waals surface area contributed by atoms with Crippen LogP contribution in [0.1, 0.15) is 24.6 Å². The topological polar surface area (TPSA) is 74.5 Å². The van der Waals surface area contributed by atoms with Crippen molar-refractivity contribution in [2.45, 2.75) is 24.8 Å². The van der Waals surface area contributed by atoms with Gasteiger partial charge in [0, 0.05) is 25.0 Å². The van der Waals surface area contributed by atoms with Crippen LogP contribution in [0.4, 0.5) is 14.9 Å². The molecule has 132 valence electrons. The highest BCUT2D eigenvalue weighted by molar-refractivity contribution is 5.94. The highest BCUT2D eigenvalue weighted by Crippen LogP contribution is 2.39. The van der Waals surface area contributed by atoms with Gasteiger partial charge in [0.15, 0.2) is 5.82 Å². The molecule has 2 aliphatic rings. The quantitative estimate of drug-likeness (QED) is 0.922. The highest BCUT2D eigenvalue weighted by atomic mass is 19.1. The number of benzene rings is 1. The van der Waals surface area contributed by atoms with Crippen LogP contribution in [0.3, 0.4) is 0 Å². The summed E-state index contributed by atoms with van der Waals surface area (Å²) in [7, 11) is 3.98. The maximum absolute atomic E-state index is 13.7. The molecule has 0 bridgehead atoms. The average Bonchev–Trinajstić information content (AvgIpc) is 3.25. The fraction of sp³-hybridized carbons (Fsp3) is 0.471. The van der Waals surface area contributed by atoms with Crippen molar-refractivity contribution in [1.29, 1.82) is 0 Å². The molecule has 25 heavy (non-hydrogen) atoms. The van der Waals surface area contributed by atoms with Gasteiger partial charge in [0.1, 0.15) is 5.82 Å². The van der Waals surface area contributed by atoms with E-state index in [1.807, 2.05) is 14.1 Å². The van der Waals surface area contributed by atoms with Crippen LogP contribution in [0.15, 0.2) is 22.7 Å². The second-order valence-corrected chi connectivity index (χ2v) is 6.87. The van der Waals surface area contributed by atoms with E-state index in [1.165, 1.54) is 18.2 Å². The number of likely N-dealkylation sites (N-methyl/N-ethyl adjacent to an activating group) is 1. The number of nitrogens with zero attached hydrogens (tertiary/aromatic N) is 4. The van der Waals surface area contributed by atoms with Crippen LogP contribution in [-0.2, 0) is 0 Å². The number of hydrogen-bond acceptors (Lipinski definition) is 5. The minimum atomic E-state index is -0.421. The first kappa shape index (κ1) is 16.0. The van der Waals surface area contributed by atoms with Crippen molar-refractivity contribution >= 4 is 11.7 Å². The van der Waals surface area contributed by atoms with Crippen molar-refractivity contribution in [1.82, 2.24) is 19.9 Å². The molecule has 1 aromatic heterocycles. The Morgan fingerprint density at radius 3 is 2.80 bits per heavy atom. The molecule has 2 aromatic rings. The zero-order valence-electron chi connectivity index (χ0n) is 14.2. The SMILES string of the molecule is CN(C)C1CN(C(=O)Nc2ccc(F)cc2-c2nc(C3CC3)no2)C1. The molecule has 2 heterocycles. The van der Waals surface area contributed by atoms with Gasteiger partial charge in [0.05, 0.1) is 11.3 Å². The molecule has 1 aliphatic carbocycles. The third-order valence-electron chi connectivity index (χ3n) is 4.72. The standard InChI is InChI=1S/C17H20FN5O2/c1-22(2)12-8-23(9-12)17(24)19-14-6-5-11(18)7-13(14)16-20-15(21-25-16)10-3-4-10/h5-7,10,12H,3-4,8-9H2,1-2H3,(H,19,24). The minimum Gasteiger partial charge on any atom is -0.334 e. The lowest BCUT2D eigenvalue weighted by molar-refractivity contribution is 0.0942. The van der Waals surface area contributed by atoms with Crippen molar-refractivity contribution in [3.8, 4) is 11.5 Å². The van der Waals surface area contributed by atoms with E-state index in [0.29, 0.717) is 42.1 Å². The van der Waals surface area contributed by atoms with E-state index in [1.54, 1.807) is 4.90 Å². The fourth-order valence-electron chi connectivity index (χ4n) is 2.80. The Morgan fingerprint density at radius 1 is 1.36 bits per heavy atom. The molecule has 8 heteroatoms. The van der Waals surface area contributed by atoms with E-state index in [4.69, 9.17) is 4.52 Å². The lowest BCUT2D eigenvalue weighted by Gasteiger charge is -2.42. The third-order valence-corrected chi connectivity index (χ3v) is 4.72. The fourth-order valence-corrected chi connectivity index (χ4v) is 2.80. The summed E-state index contributed by atoms with van der Waals surface area (Å²) >= 11 is 0. The first-order valence-electron chi connectivity index (χ1n) is 8.37. The molecule has 0 atom stereocenters. The molecule has 4 rings (SSSR count). The van der Waals surface area contributed by atoms with Gasteiger partial charge < -0.3 is 19.6 Å². The number of nitrogens with one attached hydrogen (secondary N) is 1. The van der Waals surface area contributed by atoms with Gasteiger partial charge >= 0.3 is 6.03 Å². The van der Waals surface area contributed by atoms with E-state index in [-0.39, 0.29) is 11.9 Å². The zero-order valence-corrected chi connectivity index (χ0v) is 14.2. The summed E-state index contributed by atoms with van der Waals surface area (Å²) < 4.78 is 19.0. The Kier molecular flexibility index (Phi) is 3.91. The summed E-state index contributed by atoms with van der Waals surface area (Å²) in [4.78, 5) is 20.5. The first-order valence-corrected chi connectivity index (χ1v) is 8.37. The molecule has 2 amide bonds. The summed E-state index contributed by atoms with van der Waals surface area (Å²) in [5.74, 6) is 0.795. The van der Waals surface area contributed by atoms with Crippen LogP contribution in [0.25, 0.3) is 11.5 Å². The van der Waals surface area contributed by atoms with Crippen LogP contribution in [-0.4, -0.2) is 59.2 Å². The first-order chi connectivity index (χ1) is 12.0. The summed E-state index contributed by atoms with van der Waals surface area (Å²) in [6.07, 6.45) is 2.10. The monoisotopic (exact) mass is 345 g/mol. The minimum absolute atomic E-state index is 0.215. The van der Waals surface area contributed by atoms with E-state index in [2.05, 4.69) is 20.4 Å². The summed E-state index contributed by atoms with van der Waals surface area (Å²) in [5, 5.41) is 6.78. The van der Waals surface area contributed by atoms with Gasteiger partial charge in [0.2, 0.25) is 0 Å². The Morgan fingerprint density at radius 2 is 2.12 bits per heavy atom. The maximum atomic E-state index is 13.7. The number of hydrogen-bond donors (Lipinski definition) is 1. The third kappa shape index (κ3) is 3.21. The number of carbonyl (C=O) groups is 1. The van der Waals surface area contributed by atoms with Gasteiger partial charge in [-0.15, -0.1) is 0 Å². The van der Waals surface area contributed by atoms with Crippen molar-refractivity contribution in [2.75, 3.05) is 32.5 Å². The molecule has 0 spiro atoms. The summed E-state index contributed by atoms with van der Waals surface area (Å²) in [6.45, 7) is 1.34. The van der Waals surface area contributed by atoms with Crippen LogP contribution >= 0.6 is 0 Å². The molecule has 1 aromatic carbocycles. The van der Waals surface area contributed by atoms with Crippen molar-refractivity contribution in [3.63, 3.8) is 0 Å². The van der Waals surface area contributed by atoms with Crippen molar-refractivity contribution in [2.24, 2.45) is 0 Å². The molecule has 1 aliphatic heterocycles. The maximum Gasteiger partial charge on any atom is 0.321 e. The van der Waals surface area contributed by atoms with E-state index in [9.17, 15) is 9.18 Å². The highest BCUT2D eigenvalue weighted by Gasteiger charge is 2.33. The Balaban J connectivity index is 1.52. The van der Waals surface area contributed by atoms with Crippen LogP contribution < -0.4 is 5.32 Å². The molecule has 7 nitrogen and oxygen atoms in total. The number of anilines is 1. The Labute approximate surface area is 144 Å². The van der Waals surface area contributed by atoms with Crippen molar-refractivity contribution in [3.05, 3.63) is 29.8 Å². The number of likely N-dealkylation sites (tertiary alicyclic amines) is 1. The number of urea groups is 1. The Hall–Kier alpha value is -2.48. The van der Waals surface area contributed by atoms with Crippen LogP contribution in [0, 0.1) is 5.82 Å². The second kappa shape index (κ2) is 6.11. The molecule has 1 saturated heterocycles. The molecule has 0 unspecified atom stereocenters. The number of amides is 2. The number of rotatable bonds is 4. The van der Waals surface area contributed by atoms with Crippen LogP contribution in [0.2, 0.25) is 0 Å². The molecule has 1 N–H and O–H groups in total. The van der Waals surface area contributed by atoms with E-state index < -0.39 is 5.82 Å². The second-order valence-electron chi connectivity index (χ2n) is 6.87. The Bertz CT molecular complexity index is 796. The predicted octanol–water partition coefficient (Wildman–Crippen LogP) is 2.53. The molecular weight excluding hydrogens is 325 g/mol. The number of aromatic nitrogens is 2. The summed E-state index contributed by atoms with van der Waals surface area (Å²) in [6, 6.07) is 4.28. The summed E-state index contributed by atoms with van der Waals surface area (Å²) in [5.41, 5.74) is 0.864. The van der Waals surface area contributed by atoms with Gasteiger partial charge in [-0.25, -0.2) is 9.18 Å². The normalized spacial score (nSPS) is 17.7. The largest absolute Gasteiger partial charge is 0.334 e. The van der Waals surface area contributed by atoms with Gasteiger partial charge in [0.25, 0.3) is 5.89 Å².